The molecule has 0 aliphatic rings. The molecule has 0 aliphatic heterocycles. The minimum absolute atomic E-state index is 0.0358. The number of hydrazine groups is 1. The number of hydrogen-bond acceptors (Lipinski definition) is 4. The van der Waals surface area contributed by atoms with Crippen LogP contribution in [0.5, 0.6) is 0 Å². The van der Waals surface area contributed by atoms with E-state index in [2.05, 4.69) is 5.43 Å². The molecule has 0 fully saturated rings. The number of hydrogen-bond donors (Lipinski definition) is 2. The lowest BCUT2D eigenvalue weighted by atomic mass is 10.2. The van der Waals surface area contributed by atoms with Crippen molar-refractivity contribution in [2.24, 2.45) is 5.84 Å². The second-order valence-corrected chi connectivity index (χ2v) is 5.74. The predicted octanol–water partition coefficient (Wildman–Crippen LogP) is 1.71. The second-order valence-electron chi connectivity index (χ2n) is 4.58. The number of carbonyl (C=O) groups is 1. The van der Waals surface area contributed by atoms with Crippen molar-refractivity contribution in [1.29, 1.82) is 0 Å². The molecule has 0 atom stereocenters. The highest BCUT2D eigenvalue weighted by atomic mass is 32.1. The Morgan fingerprint density at radius 3 is 2.81 bits per heavy atom. The Labute approximate surface area is 124 Å². The number of aromatic nitrogens is 1. The van der Waals surface area contributed by atoms with Crippen LogP contribution in [0.15, 0.2) is 53.5 Å². The van der Waals surface area contributed by atoms with Crippen LogP contribution in [-0.4, -0.2) is 10.5 Å². The number of nitrogens with zero attached hydrogens (tertiary/aromatic N) is 1. The van der Waals surface area contributed by atoms with Gasteiger partial charge in [-0.1, -0.05) is 18.2 Å². The van der Waals surface area contributed by atoms with Crippen LogP contribution in [0.3, 0.4) is 0 Å². The van der Waals surface area contributed by atoms with Gasteiger partial charge in [0, 0.05) is 16.5 Å². The number of nitrogen functional groups attached to an aromatic ring is 1. The van der Waals surface area contributed by atoms with Gasteiger partial charge in [0.05, 0.1) is 11.4 Å². The first-order valence-corrected chi connectivity index (χ1v) is 7.18. The van der Waals surface area contributed by atoms with Gasteiger partial charge < -0.3 is 4.57 Å². The smallest absolute Gasteiger partial charge is 0.275 e. The Kier molecular flexibility index (Phi) is 3.55. The molecule has 3 aromatic rings. The molecule has 21 heavy (non-hydrogen) atoms. The summed E-state index contributed by atoms with van der Waals surface area (Å²) in [4.78, 5) is 25.3. The molecule has 3 N–H and O–H groups in total. The van der Waals surface area contributed by atoms with Crippen LogP contribution in [-0.2, 0) is 6.54 Å². The zero-order chi connectivity index (χ0) is 14.8. The summed E-state index contributed by atoms with van der Waals surface area (Å²) in [6.07, 6.45) is 1.77. The molecule has 0 bridgehead atoms. The maximum Gasteiger partial charge on any atom is 0.275 e. The molecular weight excluding hydrogens is 286 g/mol. The zero-order valence-electron chi connectivity index (χ0n) is 11.1. The Hall–Kier alpha value is -2.44. The third-order valence-corrected chi connectivity index (χ3v) is 4.30. The van der Waals surface area contributed by atoms with Gasteiger partial charge in [-0.3, -0.25) is 15.0 Å². The summed E-state index contributed by atoms with van der Waals surface area (Å²) >= 11 is 1.32. The van der Waals surface area contributed by atoms with Crippen LogP contribution in [0.25, 0.3) is 10.8 Å². The lowest BCUT2D eigenvalue weighted by Crippen LogP contribution is -2.29. The molecule has 0 spiro atoms. The van der Waals surface area contributed by atoms with Crippen LogP contribution in [0, 0.1) is 0 Å². The molecule has 3 rings (SSSR count). The van der Waals surface area contributed by atoms with E-state index in [-0.39, 0.29) is 11.5 Å². The third kappa shape index (κ3) is 2.58. The molecule has 0 saturated carbocycles. The SMILES string of the molecule is NNC(=O)c1ccc(Cn2ccc3ccccc3c2=O)s1. The highest BCUT2D eigenvalue weighted by Gasteiger charge is 2.09. The minimum Gasteiger partial charge on any atom is -0.310 e. The van der Waals surface area contributed by atoms with Gasteiger partial charge >= 0.3 is 0 Å². The van der Waals surface area contributed by atoms with Crippen molar-refractivity contribution in [3.63, 3.8) is 0 Å². The molecule has 2 aromatic heterocycles. The van der Waals surface area contributed by atoms with Crippen LogP contribution in [0.4, 0.5) is 0 Å². The van der Waals surface area contributed by atoms with Crippen LogP contribution in [0.1, 0.15) is 14.5 Å². The van der Waals surface area contributed by atoms with Gasteiger partial charge in [0.15, 0.2) is 0 Å². The van der Waals surface area contributed by atoms with Crippen LogP contribution < -0.4 is 16.8 Å². The number of rotatable bonds is 3. The summed E-state index contributed by atoms with van der Waals surface area (Å²) in [6.45, 7) is 0.437. The topological polar surface area (TPSA) is 77.1 Å². The standard InChI is InChI=1S/C15H13N3O2S/c16-17-14(19)13-6-5-11(21-13)9-18-8-7-10-3-1-2-4-12(10)15(18)20/h1-8H,9,16H2,(H,17,19). The van der Waals surface area contributed by atoms with Crippen LogP contribution in [0.2, 0.25) is 0 Å². The first kappa shape index (κ1) is 13.5. The van der Waals surface area contributed by atoms with E-state index in [1.165, 1.54) is 11.3 Å². The van der Waals surface area contributed by atoms with Gasteiger partial charge in [-0.25, -0.2) is 5.84 Å². The molecule has 1 aromatic carbocycles. The third-order valence-electron chi connectivity index (χ3n) is 3.23. The quantitative estimate of drug-likeness (QED) is 0.439. The number of pyridine rings is 1. The number of amides is 1. The largest absolute Gasteiger partial charge is 0.310 e. The van der Waals surface area contributed by atoms with E-state index in [4.69, 9.17) is 5.84 Å². The molecule has 0 saturated heterocycles. The summed E-state index contributed by atoms with van der Waals surface area (Å²) in [5.74, 6) is 4.78. The Balaban J connectivity index is 1.95. The molecule has 1 amide bonds. The number of nitrogens with two attached hydrogens (primary N) is 1. The predicted molar refractivity (Wildman–Crippen MR) is 83.3 cm³/mol. The lowest BCUT2D eigenvalue weighted by Gasteiger charge is -2.05. The maximum atomic E-state index is 12.4. The Morgan fingerprint density at radius 1 is 1.19 bits per heavy atom. The molecule has 0 radical (unpaired) electrons. The molecule has 0 unspecified atom stereocenters. The molecule has 0 aliphatic carbocycles. The van der Waals surface area contributed by atoms with Crippen molar-refractivity contribution < 1.29 is 4.79 Å². The number of nitrogens with one attached hydrogen (secondary N) is 1. The van der Waals surface area contributed by atoms with Crippen molar-refractivity contribution in [1.82, 2.24) is 9.99 Å². The molecule has 5 nitrogen and oxygen atoms in total. The van der Waals surface area contributed by atoms with E-state index >= 15 is 0 Å². The number of thiophene rings is 1. The van der Waals surface area contributed by atoms with E-state index < -0.39 is 0 Å². The monoisotopic (exact) mass is 299 g/mol. The van der Waals surface area contributed by atoms with Crippen LogP contribution >= 0.6 is 11.3 Å². The fraction of sp³-hybridized carbons (Fsp3) is 0.0667. The van der Waals surface area contributed by atoms with Gasteiger partial charge in [0.1, 0.15) is 0 Å². The molecule has 106 valence electrons. The lowest BCUT2D eigenvalue weighted by molar-refractivity contribution is 0.0957. The van der Waals surface area contributed by atoms with Crippen molar-refractivity contribution in [3.05, 3.63) is 68.8 Å². The summed E-state index contributed by atoms with van der Waals surface area (Å²) in [7, 11) is 0. The minimum atomic E-state index is -0.322. The second kappa shape index (κ2) is 5.51. The van der Waals surface area contributed by atoms with E-state index in [1.807, 2.05) is 36.4 Å². The van der Waals surface area contributed by atoms with E-state index in [1.54, 1.807) is 16.8 Å². The average molecular weight is 299 g/mol. The van der Waals surface area contributed by atoms with Gasteiger partial charge in [0.25, 0.3) is 11.5 Å². The summed E-state index contributed by atoms with van der Waals surface area (Å²) in [5, 5.41) is 1.62. The zero-order valence-corrected chi connectivity index (χ0v) is 11.9. The van der Waals surface area contributed by atoms with Gasteiger partial charge in [-0.05, 0) is 29.7 Å². The van der Waals surface area contributed by atoms with Gasteiger partial charge in [-0.15, -0.1) is 11.3 Å². The van der Waals surface area contributed by atoms with Crippen molar-refractivity contribution >= 4 is 28.0 Å². The highest BCUT2D eigenvalue weighted by molar-refractivity contribution is 7.14. The first-order valence-electron chi connectivity index (χ1n) is 6.37. The Bertz CT molecular complexity index is 866. The van der Waals surface area contributed by atoms with E-state index in [0.717, 1.165) is 10.3 Å². The number of benzene rings is 1. The molecular formula is C15H13N3O2S. The highest BCUT2D eigenvalue weighted by Crippen LogP contribution is 2.17. The average Bonchev–Trinajstić information content (AvgIpc) is 2.98. The van der Waals surface area contributed by atoms with Crippen molar-refractivity contribution in [2.75, 3.05) is 0 Å². The summed E-state index contributed by atoms with van der Waals surface area (Å²) < 4.78 is 1.64. The fourth-order valence-electron chi connectivity index (χ4n) is 2.18. The summed E-state index contributed by atoms with van der Waals surface area (Å²) in [6, 6.07) is 12.9. The molecule has 2 heterocycles. The maximum absolute atomic E-state index is 12.4. The van der Waals surface area contributed by atoms with E-state index in [9.17, 15) is 9.59 Å². The summed E-state index contributed by atoms with van der Waals surface area (Å²) in [5.41, 5.74) is 2.06. The van der Waals surface area contributed by atoms with Gasteiger partial charge in [0.2, 0.25) is 0 Å². The fourth-order valence-corrected chi connectivity index (χ4v) is 3.09. The normalized spacial score (nSPS) is 10.7. The number of fused-ring (bicyclic) bond motifs is 1. The Morgan fingerprint density at radius 2 is 2.00 bits per heavy atom. The first-order chi connectivity index (χ1) is 10.2. The van der Waals surface area contributed by atoms with Crippen molar-refractivity contribution in [2.45, 2.75) is 6.54 Å². The van der Waals surface area contributed by atoms with E-state index in [0.29, 0.717) is 16.8 Å². The van der Waals surface area contributed by atoms with Crippen molar-refractivity contribution in [3.8, 4) is 0 Å². The van der Waals surface area contributed by atoms with Gasteiger partial charge in [-0.2, -0.15) is 0 Å². The molecule has 6 heteroatoms. The number of carbonyl (C=O) groups excluding carboxylic acids is 1.